The molecule has 0 amide bonds. The fourth-order valence-corrected chi connectivity index (χ4v) is 13.6. The summed E-state index contributed by atoms with van der Waals surface area (Å²) in [6, 6.07) is 7.82. The number of aliphatic carboxylic acids is 1. The van der Waals surface area contributed by atoms with Gasteiger partial charge in [-0.25, -0.2) is 0 Å². The number of esters is 1. The highest BCUT2D eigenvalue weighted by molar-refractivity contribution is 6.31. The number of aliphatic hydroxyl groups excluding tert-OH is 1. The van der Waals surface area contributed by atoms with Gasteiger partial charge in [-0.2, -0.15) is 0 Å². The smallest absolute Gasteiger partial charge is 0.309 e. The molecule has 7 heteroatoms. The van der Waals surface area contributed by atoms with E-state index in [0.29, 0.717) is 36.1 Å². The molecule has 0 unspecified atom stereocenters. The summed E-state index contributed by atoms with van der Waals surface area (Å²) in [5.74, 6) is -0.0287. The maximum atomic E-state index is 14.1. The normalized spacial score (nSPS) is 36.9. The number of rotatable bonds is 10. The number of carboxylic acid groups (broad SMARTS) is 1. The fraction of sp³-hybridized carbons (Fsp3) is 0.717. The van der Waals surface area contributed by atoms with Crippen LogP contribution in [0.4, 0.5) is 0 Å². The minimum Gasteiger partial charge on any atom is -0.481 e. The number of carboxylic acids is 1. The van der Waals surface area contributed by atoms with Crippen LogP contribution in [0.2, 0.25) is 5.02 Å². The largest absolute Gasteiger partial charge is 0.481 e. The first-order chi connectivity index (χ1) is 24.5. The zero-order chi connectivity index (χ0) is 39.1. The number of Topliss-reactive ketones (excluding diaryl/α,β-unsaturated/α-hetero) is 1. The van der Waals surface area contributed by atoms with Crippen molar-refractivity contribution in [3.05, 3.63) is 58.1 Å². The molecule has 5 aliphatic carbocycles. The van der Waals surface area contributed by atoms with E-state index in [1.807, 2.05) is 24.3 Å². The van der Waals surface area contributed by atoms with Crippen molar-refractivity contribution in [1.29, 1.82) is 0 Å². The number of ether oxygens (including phenoxy) is 1. The number of hydrogen-bond donors (Lipinski definition) is 2. The molecule has 1 aromatic carbocycles. The van der Waals surface area contributed by atoms with Crippen LogP contribution in [-0.4, -0.2) is 40.1 Å². The van der Waals surface area contributed by atoms with Gasteiger partial charge in [0.15, 0.2) is 5.78 Å². The first-order valence-corrected chi connectivity index (χ1v) is 20.7. The molecule has 6 nitrogen and oxygen atoms in total. The van der Waals surface area contributed by atoms with Gasteiger partial charge in [-0.1, -0.05) is 96.0 Å². The predicted octanol–water partition coefficient (Wildman–Crippen LogP) is 10.6. The van der Waals surface area contributed by atoms with Crippen LogP contribution in [0.15, 0.2) is 47.6 Å². The highest BCUT2D eigenvalue weighted by Crippen LogP contribution is 2.77. The number of hydrogen-bond acceptors (Lipinski definition) is 5. The van der Waals surface area contributed by atoms with Crippen molar-refractivity contribution in [2.24, 2.45) is 56.2 Å². The predicted molar refractivity (Wildman–Crippen MR) is 210 cm³/mol. The van der Waals surface area contributed by atoms with E-state index in [-0.39, 0.29) is 51.8 Å². The molecule has 0 radical (unpaired) electrons. The molecule has 6 rings (SSSR count). The summed E-state index contributed by atoms with van der Waals surface area (Å²) in [5, 5.41) is 22.6. The van der Waals surface area contributed by atoms with Crippen LogP contribution in [0.1, 0.15) is 139 Å². The van der Waals surface area contributed by atoms with Gasteiger partial charge in [0.25, 0.3) is 0 Å². The second kappa shape index (κ2) is 13.6. The van der Waals surface area contributed by atoms with Crippen molar-refractivity contribution in [2.75, 3.05) is 0 Å². The average molecular weight is 749 g/mol. The zero-order valence-corrected chi connectivity index (χ0v) is 34.6. The SMILES string of the molecule is C=C(Cc1ccccc1Cl)C[C@@H](O)[C@@]12CC[C@]3(C)[C@H](CC[C@@H]4[C@@]5(C)CC[C@H](OC(=O)CC(C)(C)C(=O)O)C(C)(C)[C@@H]5CC[C@]43C)C1=C(C(C)C)C(=O)C2. The molecular formula is C46H65ClO6. The van der Waals surface area contributed by atoms with Crippen molar-refractivity contribution < 1.29 is 29.3 Å². The first-order valence-electron chi connectivity index (χ1n) is 20.3. The molecule has 0 aromatic heterocycles. The molecule has 0 spiro atoms. The van der Waals surface area contributed by atoms with Crippen LogP contribution in [0, 0.1) is 56.2 Å². The lowest BCUT2D eigenvalue weighted by molar-refractivity contribution is -0.235. The van der Waals surface area contributed by atoms with Crippen molar-refractivity contribution in [1.82, 2.24) is 0 Å². The molecule has 1 aromatic rings. The molecule has 9 atom stereocenters. The number of carbonyl (C=O) groups is 3. The maximum absolute atomic E-state index is 14.1. The van der Waals surface area contributed by atoms with E-state index in [4.69, 9.17) is 16.3 Å². The summed E-state index contributed by atoms with van der Waals surface area (Å²) in [4.78, 5) is 39.0. The minimum atomic E-state index is -1.17. The van der Waals surface area contributed by atoms with E-state index < -0.39 is 28.9 Å². The van der Waals surface area contributed by atoms with E-state index in [0.717, 1.165) is 68.1 Å². The van der Waals surface area contributed by atoms with Crippen LogP contribution in [-0.2, 0) is 25.5 Å². The van der Waals surface area contributed by atoms with Gasteiger partial charge in [-0.15, -0.1) is 0 Å². The minimum absolute atomic E-state index is 0.0301. The van der Waals surface area contributed by atoms with E-state index >= 15 is 0 Å². The second-order valence-corrected chi connectivity index (χ2v) is 20.7. The molecule has 0 aliphatic heterocycles. The zero-order valence-electron chi connectivity index (χ0n) is 33.9. The van der Waals surface area contributed by atoms with Gasteiger partial charge >= 0.3 is 11.9 Å². The van der Waals surface area contributed by atoms with E-state index in [2.05, 4.69) is 55.0 Å². The molecule has 53 heavy (non-hydrogen) atoms. The van der Waals surface area contributed by atoms with Gasteiger partial charge in [0.05, 0.1) is 17.9 Å². The molecule has 0 heterocycles. The van der Waals surface area contributed by atoms with Crippen molar-refractivity contribution in [3.63, 3.8) is 0 Å². The Morgan fingerprint density at radius 2 is 1.64 bits per heavy atom. The summed E-state index contributed by atoms with van der Waals surface area (Å²) in [6.45, 7) is 24.0. The lowest BCUT2D eigenvalue weighted by Gasteiger charge is -2.72. The standard InChI is InChI=1S/C46H65ClO6/c1-27(2)38-32(48)25-46(35(49)24-28(3)23-29-13-11-12-14-31(29)47)22-21-44(9)30(39(38)46)15-16-34-43(8)19-18-36(53-37(50)26-41(4,5)40(51)52)42(6,7)33(43)17-20-45(34,44)10/h11-14,27,30,33-36,49H,3,15-26H2,1-2,4-10H3,(H,51,52)/t30-,33+,34-,35-,36+,43+,44-,45-,46+/m1/s1. The number of carbonyl (C=O) groups excluding carboxylic acids is 2. The highest BCUT2D eigenvalue weighted by Gasteiger charge is 2.70. The molecule has 4 saturated carbocycles. The average Bonchev–Trinajstić information content (AvgIpc) is 3.37. The third-order valence-corrected chi connectivity index (χ3v) is 16.7. The van der Waals surface area contributed by atoms with Gasteiger partial charge in [-0.3, -0.25) is 14.4 Å². The lowest BCUT2D eigenvalue weighted by atomic mass is 9.33. The molecule has 2 N–H and O–H groups in total. The molecule has 4 fully saturated rings. The van der Waals surface area contributed by atoms with E-state index in [9.17, 15) is 24.6 Å². The number of ketones is 1. The Balaban J connectivity index is 1.28. The van der Waals surface area contributed by atoms with Gasteiger partial charge in [-0.05, 0) is 135 Å². The van der Waals surface area contributed by atoms with E-state index in [1.54, 1.807) is 13.8 Å². The van der Waals surface area contributed by atoms with E-state index in [1.165, 1.54) is 5.57 Å². The topological polar surface area (TPSA) is 101 Å². The third-order valence-electron chi connectivity index (χ3n) is 16.4. The van der Waals surface area contributed by atoms with Crippen molar-refractivity contribution in [2.45, 2.75) is 152 Å². The summed E-state index contributed by atoms with van der Waals surface area (Å²) >= 11 is 6.51. The Bertz CT molecular complexity index is 1700. The number of allylic oxidation sites excluding steroid dienone is 1. The van der Waals surface area contributed by atoms with Crippen LogP contribution < -0.4 is 0 Å². The highest BCUT2D eigenvalue weighted by atomic mass is 35.5. The Kier molecular flexibility index (Phi) is 10.4. The van der Waals surface area contributed by atoms with Gasteiger partial charge < -0.3 is 14.9 Å². The first kappa shape index (κ1) is 40.2. The number of fused-ring (bicyclic) bond motifs is 7. The molecule has 0 bridgehead atoms. The van der Waals surface area contributed by atoms with Crippen molar-refractivity contribution in [3.8, 4) is 0 Å². The van der Waals surface area contributed by atoms with Crippen LogP contribution >= 0.6 is 11.6 Å². The fourth-order valence-electron chi connectivity index (χ4n) is 13.4. The Morgan fingerprint density at radius 3 is 2.28 bits per heavy atom. The summed E-state index contributed by atoms with van der Waals surface area (Å²) < 4.78 is 6.17. The molecular weight excluding hydrogens is 684 g/mol. The summed E-state index contributed by atoms with van der Waals surface area (Å²) in [5.41, 5.74) is 2.28. The number of halogens is 1. The van der Waals surface area contributed by atoms with Crippen molar-refractivity contribution >= 4 is 29.3 Å². The molecule has 0 saturated heterocycles. The monoisotopic (exact) mass is 748 g/mol. The Hall–Kier alpha value is -2.44. The molecule has 292 valence electrons. The Labute approximate surface area is 323 Å². The quantitative estimate of drug-likeness (QED) is 0.182. The summed E-state index contributed by atoms with van der Waals surface area (Å²) in [6.07, 6.45) is 8.09. The molecule has 5 aliphatic rings. The van der Waals surface area contributed by atoms with Gasteiger partial charge in [0.2, 0.25) is 0 Å². The second-order valence-electron chi connectivity index (χ2n) is 20.3. The number of benzene rings is 1. The maximum Gasteiger partial charge on any atom is 0.309 e. The van der Waals surface area contributed by atoms with Gasteiger partial charge in [0.1, 0.15) is 6.10 Å². The summed E-state index contributed by atoms with van der Waals surface area (Å²) in [7, 11) is 0. The number of aliphatic hydroxyl groups is 1. The van der Waals surface area contributed by atoms with Crippen LogP contribution in [0.25, 0.3) is 0 Å². The third kappa shape index (κ3) is 6.28. The van der Waals surface area contributed by atoms with Crippen LogP contribution in [0.5, 0.6) is 0 Å². The Morgan fingerprint density at radius 1 is 0.962 bits per heavy atom. The van der Waals surface area contributed by atoms with Gasteiger partial charge in [0, 0.05) is 22.3 Å². The van der Waals surface area contributed by atoms with Crippen LogP contribution in [0.3, 0.4) is 0 Å². The lowest BCUT2D eigenvalue weighted by Crippen LogP contribution is -2.66.